The van der Waals surface area contributed by atoms with Crippen LogP contribution < -0.4 is 5.32 Å². The van der Waals surface area contributed by atoms with E-state index in [1.54, 1.807) is 0 Å². The lowest BCUT2D eigenvalue weighted by molar-refractivity contribution is 0.180. The van der Waals surface area contributed by atoms with Crippen LogP contribution >= 0.6 is 0 Å². The third kappa shape index (κ3) is 3.26. The first-order valence-electron chi connectivity index (χ1n) is 8.61. The lowest BCUT2D eigenvalue weighted by Gasteiger charge is -2.18. The number of nitrogens with zero attached hydrogens (tertiary/aromatic N) is 1. The SMILES string of the molecule is OC1CCc2cc(NC3CCN(Cc4ccccc4)C3)ccc21. The van der Waals surface area contributed by atoms with Crippen molar-refractivity contribution in [1.29, 1.82) is 0 Å². The van der Waals surface area contributed by atoms with Crippen LogP contribution in [-0.2, 0) is 13.0 Å². The highest BCUT2D eigenvalue weighted by molar-refractivity contribution is 5.51. The van der Waals surface area contributed by atoms with E-state index in [4.69, 9.17) is 0 Å². The first-order chi connectivity index (χ1) is 11.3. The van der Waals surface area contributed by atoms with Crippen LogP contribution in [0, 0.1) is 0 Å². The second-order valence-electron chi connectivity index (χ2n) is 6.82. The zero-order valence-electron chi connectivity index (χ0n) is 13.4. The molecule has 1 saturated heterocycles. The van der Waals surface area contributed by atoms with E-state index >= 15 is 0 Å². The smallest absolute Gasteiger partial charge is 0.0795 e. The van der Waals surface area contributed by atoms with Gasteiger partial charge in [-0.15, -0.1) is 0 Å². The first kappa shape index (κ1) is 14.7. The molecule has 2 aromatic rings. The number of hydrogen-bond acceptors (Lipinski definition) is 3. The number of nitrogens with one attached hydrogen (secondary N) is 1. The first-order valence-corrected chi connectivity index (χ1v) is 8.61. The van der Waals surface area contributed by atoms with Gasteiger partial charge in [0.25, 0.3) is 0 Å². The van der Waals surface area contributed by atoms with Gasteiger partial charge < -0.3 is 10.4 Å². The van der Waals surface area contributed by atoms with Crippen molar-refractivity contribution in [2.75, 3.05) is 18.4 Å². The van der Waals surface area contributed by atoms with Crippen molar-refractivity contribution in [3.63, 3.8) is 0 Å². The Hall–Kier alpha value is -1.84. The number of hydrogen-bond donors (Lipinski definition) is 2. The van der Waals surface area contributed by atoms with Gasteiger partial charge in [0, 0.05) is 31.4 Å². The van der Waals surface area contributed by atoms with Gasteiger partial charge in [0.2, 0.25) is 0 Å². The average molecular weight is 308 g/mol. The molecule has 2 aliphatic rings. The lowest BCUT2D eigenvalue weighted by Crippen LogP contribution is -2.26. The molecule has 23 heavy (non-hydrogen) atoms. The van der Waals surface area contributed by atoms with Gasteiger partial charge in [-0.25, -0.2) is 0 Å². The number of aryl methyl sites for hydroxylation is 1. The molecular weight excluding hydrogens is 284 g/mol. The third-order valence-electron chi connectivity index (χ3n) is 5.08. The van der Waals surface area contributed by atoms with Crippen LogP contribution in [0.15, 0.2) is 48.5 Å². The van der Waals surface area contributed by atoms with E-state index in [-0.39, 0.29) is 6.10 Å². The van der Waals surface area contributed by atoms with Crippen LogP contribution in [-0.4, -0.2) is 29.1 Å². The van der Waals surface area contributed by atoms with E-state index in [1.165, 1.54) is 23.2 Å². The number of anilines is 1. The zero-order valence-corrected chi connectivity index (χ0v) is 13.4. The number of aliphatic hydroxyl groups is 1. The Bertz CT molecular complexity index is 671. The van der Waals surface area contributed by atoms with E-state index in [1.807, 2.05) is 0 Å². The molecule has 0 aromatic heterocycles. The summed E-state index contributed by atoms with van der Waals surface area (Å²) in [7, 11) is 0. The summed E-state index contributed by atoms with van der Waals surface area (Å²) in [5, 5.41) is 13.6. The highest BCUT2D eigenvalue weighted by atomic mass is 16.3. The predicted molar refractivity (Wildman–Crippen MR) is 93.5 cm³/mol. The van der Waals surface area contributed by atoms with Gasteiger partial charge in [-0.05, 0) is 48.1 Å². The summed E-state index contributed by atoms with van der Waals surface area (Å²) in [5.74, 6) is 0. The normalized spacial score (nSPS) is 23.9. The number of aliphatic hydroxyl groups excluding tert-OH is 1. The summed E-state index contributed by atoms with van der Waals surface area (Å²) in [5.41, 5.74) is 5.01. The van der Waals surface area contributed by atoms with Gasteiger partial charge in [-0.2, -0.15) is 0 Å². The number of likely N-dealkylation sites (tertiary alicyclic amines) is 1. The fourth-order valence-electron chi connectivity index (χ4n) is 3.86. The Balaban J connectivity index is 1.36. The molecule has 0 bridgehead atoms. The topological polar surface area (TPSA) is 35.5 Å². The maximum atomic E-state index is 9.90. The summed E-state index contributed by atoms with van der Waals surface area (Å²) < 4.78 is 0. The van der Waals surface area contributed by atoms with E-state index in [0.717, 1.165) is 38.0 Å². The molecule has 2 N–H and O–H groups in total. The molecule has 1 aliphatic heterocycles. The van der Waals surface area contributed by atoms with Crippen molar-refractivity contribution < 1.29 is 5.11 Å². The minimum absolute atomic E-state index is 0.258. The summed E-state index contributed by atoms with van der Waals surface area (Å²) in [6, 6.07) is 17.6. The minimum atomic E-state index is -0.258. The molecule has 1 fully saturated rings. The highest BCUT2D eigenvalue weighted by Gasteiger charge is 2.24. The Labute approximate surface area is 138 Å². The van der Waals surface area contributed by atoms with Crippen molar-refractivity contribution in [2.24, 2.45) is 0 Å². The van der Waals surface area contributed by atoms with Crippen LogP contribution in [0.5, 0.6) is 0 Å². The number of rotatable bonds is 4. The predicted octanol–water partition coefficient (Wildman–Crippen LogP) is 3.35. The molecule has 3 heteroatoms. The largest absolute Gasteiger partial charge is 0.388 e. The minimum Gasteiger partial charge on any atom is -0.388 e. The van der Waals surface area contributed by atoms with E-state index < -0.39 is 0 Å². The maximum Gasteiger partial charge on any atom is 0.0795 e. The van der Waals surface area contributed by atoms with Gasteiger partial charge in [0.05, 0.1) is 6.10 Å². The molecule has 1 aliphatic carbocycles. The molecule has 3 nitrogen and oxygen atoms in total. The van der Waals surface area contributed by atoms with Crippen molar-refractivity contribution in [1.82, 2.24) is 4.90 Å². The van der Waals surface area contributed by atoms with E-state index in [9.17, 15) is 5.11 Å². The van der Waals surface area contributed by atoms with Crippen LogP contribution in [0.25, 0.3) is 0 Å². The molecule has 0 spiro atoms. The average Bonchev–Trinajstić information content (AvgIpc) is 3.15. The van der Waals surface area contributed by atoms with Crippen LogP contribution in [0.2, 0.25) is 0 Å². The third-order valence-corrected chi connectivity index (χ3v) is 5.08. The lowest BCUT2D eigenvalue weighted by atomic mass is 10.1. The Morgan fingerprint density at radius 3 is 2.83 bits per heavy atom. The van der Waals surface area contributed by atoms with Gasteiger partial charge in [0.1, 0.15) is 0 Å². The van der Waals surface area contributed by atoms with Crippen LogP contribution in [0.3, 0.4) is 0 Å². The molecule has 2 aromatic carbocycles. The summed E-state index contributed by atoms with van der Waals surface area (Å²) in [6.07, 6.45) is 2.79. The number of fused-ring (bicyclic) bond motifs is 1. The van der Waals surface area contributed by atoms with Crippen molar-refractivity contribution >= 4 is 5.69 Å². The zero-order chi connectivity index (χ0) is 15.6. The van der Waals surface area contributed by atoms with Gasteiger partial charge in [-0.3, -0.25) is 4.90 Å². The Morgan fingerprint density at radius 2 is 1.96 bits per heavy atom. The maximum absolute atomic E-state index is 9.90. The quantitative estimate of drug-likeness (QED) is 0.909. The van der Waals surface area contributed by atoms with Crippen molar-refractivity contribution in [3.05, 3.63) is 65.2 Å². The fourth-order valence-corrected chi connectivity index (χ4v) is 3.86. The molecule has 4 rings (SSSR count). The Kier molecular flexibility index (Phi) is 4.06. The standard InChI is InChI=1S/C20H24N2O/c23-20-9-6-16-12-17(7-8-19(16)20)21-18-10-11-22(14-18)13-15-4-2-1-3-5-15/h1-5,7-8,12,18,20-21,23H,6,9-11,13-14H2. The molecule has 0 radical (unpaired) electrons. The van der Waals surface area contributed by atoms with Crippen LogP contribution in [0.1, 0.15) is 35.6 Å². The molecule has 2 atom stereocenters. The van der Waals surface area contributed by atoms with Gasteiger partial charge in [-0.1, -0.05) is 36.4 Å². The summed E-state index contributed by atoms with van der Waals surface area (Å²) in [6.45, 7) is 3.28. The molecule has 0 saturated carbocycles. The Morgan fingerprint density at radius 1 is 1.09 bits per heavy atom. The molecule has 1 heterocycles. The van der Waals surface area contributed by atoms with Gasteiger partial charge in [0.15, 0.2) is 0 Å². The second kappa shape index (κ2) is 6.34. The molecule has 120 valence electrons. The summed E-state index contributed by atoms with van der Waals surface area (Å²) >= 11 is 0. The van der Waals surface area contributed by atoms with E-state index in [2.05, 4.69) is 58.7 Å². The van der Waals surface area contributed by atoms with Crippen molar-refractivity contribution in [2.45, 2.75) is 38.0 Å². The highest BCUT2D eigenvalue weighted by Crippen LogP contribution is 2.33. The second-order valence-corrected chi connectivity index (χ2v) is 6.82. The van der Waals surface area contributed by atoms with Crippen molar-refractivity contribution in [3.8, 4) is 0 Å². The molecule has 2 unspecified atom stereocenters. The number of benzene rings is 2. The van der Waals surface area contributed by atoms with E-state index in [0.29, 0.717) is 6.04 Å². The monoisotopic (exact) mass is 308 g/mol. The van der Waals surface area contributed by atoms with Gasteiger partial charge >= 0.3 is 0 Å². The molecule has 0 amide bonds. The fraction of sp³-hybridized carbons (Fsp3) is 0.400. The summed E-state index contributed by atoms with van der Waals surface area (Å²) in [4.78, 5) is 2.52. The van der Waals surface area contributed by atoms with Crippen LogP contribution in [0.4, 0.5) is 5.69 Å². The molecular formula is C20H24N2O.